The largest absolute Gasteiger partial charge is 0.493 e. The highest BCUT2D eigenvalue weighted by molar-refractivity contribution is 5.94. The van der Waals surface area contributed by atoms with Crippen molar-refractivity contribution in [2.45, 2.75) is 18.6 Å². The zero-order valence-electron chi connectivity index (χ0n) is 13.2. The van der Waals surface area contributed by atoms with Crippen LogP contribution >= 0.6 is 0 Å². The lowest BCUT2D eigenvalue weighted by molar-refractivity contribution is -0.153. The van der Waals surface area contributed by atoms with Gasteiger partial charge in [0.1, 0.15) is 11.5 Å². The number of carbonyl (C=O) groups excluding carboxylic acids is 1. The van der Waals surface area contributed by atoms with Crippen LogP contribution in [-0.4, -0.2) is 25.3 Å². The molecule has 0 aliphatic carbocycles. The summed E-state index contributed by atoms with van der Waals surface area (Å²) in [7, 11) is 0. The highest BCUT2D eigenvalue weighted by Gasteiger charge is 2.28. The van der Waals surface area contributed by atoms with Crippen LogP contribution in [0, 0.1) is 0 Å². The number of amides is 1. The minimum atomic E-state index is -4.40. The van der Waals surface area contributed by atoms with E-state index in [4.69, 9.17) is 4.74 Å². The molecule has 2 aromatic carbocycles. The number of rotatable bonds is 4. The second-order valence-corrected chi connectivity index (χ2v) is 5.63. The summed E-state index contributed by atoms with van der Waals surface area (Å²) in [6.07, 6.45) is -3.75. The van der Waals surface area contributed by atoms with E-state index in [1.807, 2.05) is 24.3 Å². The van der Waals surface area contributed by atoms with Crippen molar-refractivity contribution in [1.29, 1.82) is 0 Å². The zero-order chi connectivity index (χ0) is 17.9. The molecule has 3 rings (SSSR count). The summed E-state index contributed by atoms with van der Waals surface area (Å²) in [6, 6.07) is 12.9. The molecule has 132 valence electrons. The Morgan fingerprint density at radius 3 is 2.60 bits per heavy atom. The summed E-state index contributed by atoms with van der Waals surface area (Å²) in [5.74, 6) is 0.504. The number of benzene rings is 2. The maximum absolute atomic E-state index is 12.4. The SMILES string of the molecule is O=C(NC1CCOc2ccccc21)c1ccc(OCC(F)(F)F)cc1. The fraction of sp³-hybridized carbons (Fsp3) is 0.278. The summed E-state index contributed by atoms with van der Waals surface area (Å²) in [4.78, 5) is 12.4. The summed E-state index contributed by atoms with van der Waals surface area (Å²) in [5.41, 5.74) is 1.26. The normalized spacial score (nSPS) is 16.5. The highest BCUT2D eigenvalue weighted by Crippen LogP contribution is 2.31. The Labute approximate surface area is 142 Å². The second kappa shape index (κ2) is 7.04. The van der Waals surface area contributed by atoms with Crippen molar-refractivity contribution in [2.75, 3.05) is 13.2 Å². The van der Waals surface area contributed by atoms with E-state index in [0.29, 0.717) is 18.6 Å². The lowest BCUT2D eigenvalue weighted by atomic mass is 10.00. The van der Waals surface area contributed by atoms with Crippen molar-refractivity contribution in [3.8, 4) is 11.5 Å². The van der Waals surface area contributed by atoms with Gasteiger partial charge < -0.3 is 14.8 Å². The first-order chi connectivity index (χ1) is 11.9. The van der Waals surface area contributed by atoms with Gasteiger partial charge in [0.15, 0.2) is 6.61 Å². The Morgan fingerprint density at radius 1 is 1.16 bits per heavy atom. The predicted octanol–water partition coefficient (Wildman–Crippen LogP) is 3.88. The van der Waals surface area contributed by atoms with Crippen molar-refractivity contribution >= 4 is 5.91 Å². The van der Waals surface area contributed by atoms with Gasteiger partial charge in [-0.25, -0.2) is 0 Å². The number of halogens is 3. The summed E-state index contributed by atoms with van der Waals surface area (Å²) in [5, 5.41) is 2.93. The number of nitrogens with one attached hydrogen (secondary N) is 1. The lowest BCUT2D eigenvalue weighted by Gasteiger charge is -2.26. The van der Waals surface area contributed by atoms with Gasteiger partial charge in [-0.1, -0.05) is 18.2 Å². The third-order valence-electron chi connectivity index (χ3n) is 3.78. The fourth-order valence-corrected chi connectivity index (χ4v) is 2.60. The number of carbonyl (C=O) groups is 1. The Bertz CT molecular complexity index is 744. The monoisotopic (exact) mass is 351 g/mol. The molecule has 1 aliphatic rings. The van der Waals surface area contributed by atoms with E-state index in [0.717, 1.165) is 11.3 Å². The maximum atomic E-state index is 12.4. The average molecular weight is 351 g/mol. The zero-order valence-corrected chi connectivity index (χ0v) is 13.2. The molecule has 1 amide bonds. The number of alkyl halides is 3. The second-order valence-electron chi connectivity index (χ2n) is 5.63. The molecule has 0 saturated carbocycles. The molecule has 0 spiro atoms. The molecule has 1 atom stereocenters. The van der Waals surface area contributed by atoms with Gasteiger partial charge in [0.25, 0.3) is 5.91 Å². The van der Waals surface area contributed by atoms with Crippen molar-refractivity contribution in [3.63, 3.8) is 0 Å². The van der Waals surface area contributed by atoms with Crippen LogP contribution < -0.4 is 14.8 Å². The van der Waals surface area contributed by atoms with E-state index in [2.05, 4.69) is 10.1 Å². The molecular weight excluding hydrogens is 335 g/mol. The van der Waals surface area contributed by atoms with E-state index in [-0.39, 0.29) is 17.7 Å². The number of hydrogen-bond acceptors (Lipinski definition) is 3. The molecular formula is C18H16F3NO3. The lowest BCUT2D eigenvalue weighted by Crippen LogP contribution is -2.32. The van der Waals surface area contributed by atoms with Crippen molar-refractivity contribution in [1.82, 2.24) is 5.32 Å². The number of hydrogen-bond donors (Lipinski definition) is 1. The third-order valence-corrected chi connectivity index (χ3v) is 3.78. The van der Waals surface area contributed by atoms with Crippen LogP contribution in [-0.2, 0) is 0 Å². The van der Waals surface area contributed by atoms with E-state index >= 15 is 0 Å². The van der Waals surface area contributed by atoms with Gasteiger partial charge in [-0.3, -0.25) is 4.79 Å². The molecule has 0 fully saturated rings. The van der Waals surface area contributed by atoms with Gasteiger partial charge in [-0.2, -0.15) is 13.2 Å². The summed E-state index contributed by atoms with van der Waals surface area (Å²) >= 11 is 0. The van der Waals surface area contributed by atoms with Crippen LogP contribution in [0.25, 0.3) is 0 Å². The Balaban J connectivity index is 1.64. The van der Waals surface area contributed by atoms with Gasteiger partial charge in [-0.05, 0) is 30.3 Å². The van der Waals surface area contributed by atoms with E-state index in [9.17, 15) is 18.0 Å². The molecule has 0 bridgehead atoms. The van der Waals surface area contributed by atoms with Crippen molar-refractivity contribution in [3.05, 3.63) is 59.7 Å². The van der Waals surface area contributed by atoms with Crippen LogP contribution in [0.15, 0.2) is 48.5 Å². The molecule has 0 aromatic heterocycles. The maximum Gasteiger partial charge on any atom is 0.422 e. The summed E-state index contributed by atoms with van der Waals surface area (Å²) in [6.45, 7) is -0.858. The van der Waals surface area contributed by atoms with Gasteiger partial charge in [0.05, 0.1) is 12.6 Å². The Kier molecular flexibility index (Phi) is 4.83. The van der Waals surface area contributed by atoms with E-state index in [1.165, 1.54) is 24.3 Å². The first-order valence-electron chi connectivity index (χ1n) is 7.74. The minimum Gasteiger partial charge on any atom is -0.493 e. The van der Waals surface area contributed by atoms with Gasteiger partial charge in [0, 0.05) is 17.5 Å². The molecule has 2 aromatic rings. The first kappa shape index (κ1) is 17.1. The van der Waals surface area contributed by atoms with E-state index in [1.54, 1.807) is 0 Å². The number of para-hydroxylation sites is 1. The molecule has 0 radical (unpaired) electrons. The molecule has 1 N–H and O–H groups in total. The number of fused-ring (bicyclic) bond motifs is 1. The fourth-order valence-electron chi connectivity index (χ4n) is 2.60. The Hall–Kier alpha value is -2.70. The van der Waals surface area contributed by atoms with Crippen LogP contribution in [0.4, 0.5) is 13.2 Å². The van der Waals surface area contributed by atoms with Crippen LogP contribution in [0.3, 0.4) is 0 Å². The Morgan fingerprint density at radius 2 is 1.88 bits per heavy atom. The van der Waals surface area contributed by atoms with Crippen molar-refractivity contribution < 1.29 is 27.4 Å². The smallest absolute Gasteiger partial charge is 0.422 e. The molecule has 1 unspecified atom stereocenters. The third kappa shape index (κ3) is 4.43. The predicted molar refractivity (Wildman–Crippen MR) is 84.8 cm³/mol. The standard InChI is InChI=1S/C18H16F3NO3/c19-18(20,21)11-25-13-7-5-12(6-8-13)17(23)22-15-9-10-24-16-4-2-1-3-14(15)16/h1-8,15H,9-11H2,(H,22,23). The van der Waals surface area contributed by atoms with Crippen molar-refractivity contribution in [2.24, 2.45) is 0 Å². The van der Waals surface area contributed by atoms with Crippen LogP contribution in [0.1, 0.15) is 28.4 Å². The van der Waals surface area contributed by atoms with E-state index < -0.39 is 12.8 Å². The molecule has 25 heavy (non-hydrogen) atoms. The van der Waals surface area contributed by atoms with Crippen LogP contribution in [0.2, 0.25) is 0 Å². The first-order valence-corrected chi connectivity index (χ1v) is 7.74. The molecule has 1 aliphatic heterocycles. The topological polar surface area (TPSA) is 47.6 Å². The average Bonchev–Trinajstić information content (AvgIpc) is 2.60. The molecule has 4 nitrogen and oxygen atoms in total. The van der Waals surface area contributed by atoms with Gasteiger partial charge >= 0.3 is 6.18 Å². The van der Waals surface area contributed by atoms with Gasteiger partial charge in [0.2, 0.25) is 0 Å². The summed E-state index contributed by atoms with van der Waals surface area (Å²) < 4.78 is 46.6. The van der Waals surface area contributed by atoms with Gasteiger partial charge in [-0.15, -0.1) is 0 Å². The molecule has 7 heteroatoms. The quantitative estimate of drug-likeness (QED) is 0.909. The molecule has 0 saturated heterocycles. The number of ether oxygens (including phenoxy) is 2. The minimum absolute atomic E-state index is 0.0605. The van der Waals surface area contributed by atoms with Crippen LogP contribution in [0.5, 0.6) is 11.5 Å². The molecule has 1 heterocycles. The highest BCUT2D eigenvalue weighted by atomic mass is 19.4.